The summed E-state index contributed by atoms with van der Waals surface area (Å²) in [6.45, 7) is 0. The van der Waals surface area contributed by atoms with Gasteiger partial charge in [0.25, 0.3) is 0 Å². The van der Waals surface area contributed by atoms with Crippen molar-refractivity contribution in [1.82, 2.24) is 14.8 Å². The van der Waals surface area contributed by atoms with Crippen LogP contribution < -0.4 is 0 Å². The SMILES string of the molecule is CO/N=C1\CCc2cc(-c3cnn(C)c3-c3ccncc3)ccc21. The summed E-state index contributed by atoms with van der Waals surface area (Å²) >= 11 is 0. The summed E-state index contributed by atoms with van der Waals surface area (Å²) in [4.78, 5) is 9.05. The number of pyridine rings is 1. The molecule has 2 heterocycles. The Hall–Kier alpha value is -2.95. The number of aryl methyl sites for hydroxylation is 2. The van der Waals surface area contributed by atoms with Gasteiger partial charge in [-0.15, -0.1) is 0 Å². The summed E-state index contributed by atoms with van der Waals surface area (Å²) < 4.78 is 1.91. The average Bonchev–Trinajstić information content (AvgIpc) is 3.19. The molecule has 120 valence electrons. The van der Waals surface area contributed by atoms with Crippen LogP contribution in [0.15, 0.2) is 54.1 Å². The smallest absolute Gasteiger partial charge is 0.106 e. The molecule has 3 aromatic rings. The average molecular weight is 318 g/mol. The van der Waals surface area contributed by atoms with E-state index in [1.54, 1.807) is 7.11 Å². The monoisotopic (exact) mass is 318 g/mol. The van der Waals surface area contributed by atoms with Crippen molar-refractivity contribution in [2.75, 3.05) is 7.11 Å². The fraction of sp³-hybridized carbons (Fsp3) is 0.211. The largest absolute Gasteiger partial charge is 0.399 e. The van der Waals surface area contributed by atoms with Crippen molar-refractivity contribution >= 4 is 5.71 Å². The molecule has 0 saturated heterocycles. The van der Waals surface area contributed by atoms with Gasteiger partial charge in [0.05, 0.1) is 17.6 Å². The standard InChI is InChI=1S/C19H18N4O/c1-23-19(13-7-9-20-10-8-13)17(12-21-23)15-3-5-16-14(11-15)4-6-18(16)22-24-2/h3,5,7-12H,4,6H2,1-2H3/b22-18+. The van der Waals surface area contributed by atoms with Gasteiger partial charge in [0, 0.05) is 36.1 Å². The first-order valence-electron chi connectivity index (χ1n) is 7.94. The Bertz CT molecular complexity index is 912. The summed E-state index contributed by atoms with van der Waals surface area (Å²) in [5.74, 6) is 0. The molecule has 1 aliphatic rings. The van der Waals surface area contributed by atoms with Gasteiger partial charge < -0.3 is 4.84 Å². The van der Waals surface area contributed by atoms with Crippen molar-refractivity contribution in [3.8, 4) is 22.4 Å². The van der Waals surface area contributed by atoms with Crippen LogP contribution in [0.5, 0.6) is 0 Å². The van der Waals surface area contributed by atoms with Crippen LogP contribution in [0, 0.1) is 0 Å². The van der Waals surface area contributed by atoms with E-state index >= 15 is 0 Å². The van der Waals surface area contributed by atoms with Crippen LogP contribution in [0.3, 0.4) is 0 Å². The van der Waals surface area contributed by atoms with Crippen molar-refractivity contribution in [3.63, 3.8) is 0 Å². The van der Waals surface area contributed by atoms with Gasteiger partial charge in [0.2, 0.25) is 0 Å². The van der Waals surface area contributed by atoms with Crippen LogP contribution in [0.4, 0.5) is 0 Å². The van der Waals surface area contributed by atoms with E-state index in [9.17, 15) is 0 Å². The lowest BCUT2D eigenvalue weighted by atomic mass is 9.98. The topological polar surface area (TPSA) is 52.3 Å². The van der Waals surface area contributed by atoms with E-state index in [1.807, 2.05) is 42.5 Å². The van der Waals surface area contributed by atoms with Crippen molar-refractivity contribution < 1.29 is 4.84 Å². The van der Waals surface area contributed by atoms with Crippen LogP contribution in [-0.4, -0.2) is 27.6 Å². The maximum atomic E-state index is 4.95. The molecule has 0 N–H and O–H groups in total. The van der Waals surface area contributed by atoms with Gasteiger partial charge in [0.1, 0.15) is 7.11 Å². The lowest BCUT2D eigenvalue weighted by Crippen LogP contribution is -1.96. The van der Waals surface area contributed by atoms with E-state index in [2.05, 4.69) is 33.4 Å². The second-order valence-corrected chi connectivity index (χ2v) is 5.86. The molecule has 0 fully saturated rings. The number of nitrogens with zero attached hydrogens (tertiary/aromatic N) is 4. The molecular weight excluding hydrogens is 300 g/mol. The third kappa shape index (κ3) is 2.38. The first-order valence-corrected chi connectivity index (χ1v) is 7.94. The first kappa shape index (κ1) is 14.6. The normalized spacial score (nSPS) is 14.8. The number of fused-ring (bicyclic) bond motifs is 1. The van der Waals surface area contributed by atoms with E-state index in [0.29, 0.717) is 0 Å². The molecule has 0 amide bonds. The second kappa shape index (κ2) is 5.92. The number of oxime groups is 1. The molecule has 0 saturated carbocycles. The molecular formula is C19H18N4O. The highest BCUT2D eigenvalue weighted by atomic mass is 16.6. The van der Waals surface area contributed by atoms with E-state index in [0.717, 1.165) is 35.4 Å². The van der Waals surface area contributed by atoms with Gasteiger partial charge in [-0.2, -0.15) is 5.10 Å². The van der Waals surface area contributed by atoms with E-state index < -0.39 is 0 Å². The van der Waals surface area contributed by atoms with Crippen molar-refractivity contribution in [1.29, 1.82) is 0 Å². The Labute approximate surface area is 140 Å². The molecule has 2 aromatic heterocycles. The number of hydrogen-bond acceptors (Lipinski definition) is 4. The Balaban J connectivity index is 1.81. The molecule has 5 heteroatoms. The highest BCUT2D eigenvalue weighted by Gasteiger charge is 2.20. The van der Waals surface area contributed by atoms with Crippen molar-refractivity contribution in [2.24, 2.45) is 12.2 Å². The molecule has 0 bridgehead atoms. The van der Waals surface area contributed by atoms with Gasteiger partial charge in [-0.25, -0.2) is 0 Å². The minimum Gasteiger partial charge on any atom is -0.399 e. The van der Waals surface area contributed by atoms with E-state index in [4.69, 9.17) is 4.84 Å². The summed E-state index contributed by atoms with van der Waals surface area (Å²) in [5.41, 5.74) is 8.04. The van der Waals surface area contributed by atoms with Crippen LogP contribution in [0.1, 0.15) is 17.5 Å². The van der Waals surface area contributed by atoms with Crippen LogP contribution in [0.2, 0.25) is 0 Å². The minimum absolute atomic E-state index is 0.927. The fourth-order valence-electron chi connectivity index (χ4n) is 3.34. The highest BCUT2D eigenvalue weighted by Crippen LogP contribution is 2.34. The Kier molecular flexibility index (Phi) is 3.61. The molecule has 1 aliphatic carbocycles. The first-order chi connectivity index (χ1) is 11.8. The lowest BCUT2D eigenvalue weighted by Gasteiger charge is -2.08. The molecule has 0 atom stereocenters. The second-order valence-electron chi connectivity index (χ2n) is 5.86. The zero-order valence-electron chi connectivity index (χ0n) is 13.7. The minimum atomic E-state index is 0.927. The Morgan fingerprint density at radius 1 is 1.04 bits per heavy atom. The quantitative estimate of drug-likeness (QED) is 0.695. The predicted molar refractivity (Wildman–Crippen MR) is 93.7 cm³/mol. The predicted octanol–water partition coefficient (Wildman–Crippen LogP) is 3.45. The molecule has 0 radical (unpaired) electrons. The summed E-state index contributed by atoms with van der Waals surface area (Å²) in [6, 6.07) is 10.5. The zero-order valence-corrected chi connectivity index (χ0v) is 13.7. The lowest BCUT2D eigenvalue weighted by molar-refractivity contribution is 0.213. The molecule has 0 spiro atoms. The van der Waals surface area contributed by atoms with Crippen molar-refractivity contribution in [2.45, 2.75) is 12.8 Å². The number of hydrogen-bond donors (Lipinski definition) is 0. The number of benzene rings is 1. The maximum Gasteiger partial charge on any atom is 0.106 e. The molecule has 4 rings (SSSR count). The van der Waals surface area contributed by atoms with Crippen LogP contribution in [0.25, 0.3) is 22.4 Å². The van der Waals surface area contributed by atoms with Crippen LogP contribution >= 0.6 is 0 Å². The Morgan fingerprint density at radius 3 is 2.67 bits per heavy atom. The zero-order chi connectivity index (χ0) is 16.5. The van der Waals surface area contributed by atoms with Gasteiger partial charge in [-0.3, -0.25) is 9.67 Å². The maximum absolute atomic E-state index is 4.95. The van der Waals surface area contributed by atoms with Gasteiger partial charge in [-0.05, 0) is 36.1 Å². The Morgan fingerprint density at radius 2 is 1.88 bits per heavy atom. The molecule has 0 aliphatic heterocycles. The highest BCUT2D eigenvalue weighted by molar-refractivity contribution is 6.04. The third-order valence-corrected chi connectivity index (χ3v) is 4.45. The van der Waals surface area contributed by atoms with Gasteiger partial charge in [-0.1, -0.05) is 23.4 Å². The summed E-state index contributed by atoms with van der Waals surface area (Å²) in [6.07, 6.45) is 7.47. The summed E-state index contributed by atoms with van der Waals surface area (Å²) in [7, 11) is 3.56. The molecule has 24 heavy (non-hydrogen) atoms. The summed E-state index contributed by atoms with van der Waals surface area (Å²) in [5, 5.41) is 8.59. The van der Waals surface area contributed by atoms with Crippen molar-refractivity contribution in [3.05, 3.63) is 60.0 Å². The van der Waals surface area contributed by atoms with Crippen LogP contribution in [-0.2, 0) is 18.3 Å². The van der Waals surface area contributed by atoms with E-state index in [1.165, 1.54) is 16.7 Å². The molecule has 1 aromatic carbocycles. The molecule has 5 nitrogen and oxygen atoms in total. The number of aromatic nitrogens is 3. The van der Waals surface area contributed by atoms with Gasteiger partial charge in [0.15, 0.2) is 0 Å². The fourth-order valence-corrected chi connectivity index (χ4v) is 3.34. The van der Waals surface area contributed by atoms with E-state index in [-0.39, 0.29) is 0 Å². The third-order valence-electron chi connectivity index (χ3n) is 4.45. The molecule has 0 unspecified atom stereocenters. The van der Waals surface area contributed by atoms with Gasteiger partial charge >= 0.3 is 0 Å². The number of rotatable bonds is 3.